The molecule has 2 heterocycles. The average molecular weight is 618 g/mol. The third-order valence-corrected chi connectivity index (χ3v) is 19.4. The normalized spacial score (nSPS) is 30.8. The molecule has 1 N–H and O–H groups in total. The minimum Gasteiger partial charge on any atom is -0.432 e. The molecule has 0 aromatic heterocycles. The second-order valence-electron chi connectivity index (χ2n) is 14.6. The molecule has 0 radical (unpaired) electrons. The van der Waals surface area contributed by atoms with E-state index in [-0.39, 0.29) is 34.4 Å². The minimum absolute atomic E-state index is 0.0544. The van der Waals surface area contributed by atoms with Crippen molar-refractivity contribution in [3.8, 4) is 0 Å². The molecule has 2 aliphatic heterocycles. The zero-order valence-corrected chi connectivity index (χ0v) is 28.7. The van der Waals surface area contributed by atoms with E-state index in [0.717, 1.165) is 38.5 Å². The molecule has 6 rings (SSSR count). The molecular formula is C37H50O4PSi+. The van der Waals surface area contributed by atoms with Crippen LogP contribution >= 0.6 is 7.26 Å². The van der Waals surface area contributed by atoms with Crippen molar-refractivity contribution in [3.05, 3.63) is 91.0 Å². The van der Waals surface area contributed by atoms with Crippen molar-refractivity contribution in [2.24, 2.45) is 11.8 Å². The van der Waals surface area contributed by atoms with Gasteiger partial charge in [0.1, 0.15) is 28.8 Å². The molecule has 1 spiro atoms. The Balaban J connectivity index is 1.31. The highest BCUT2D eigenvalue weighted by Crippen LogP contribution is 2.63. The van der Waals surface area contributed by atoms with Gasteiger partial charge in [0.25, 0.3) is 0 Å². The summed E-state index contributed by atoms with van der Waals surface area (Å²) in [7, 11) is -2.40. The van der Waals surface area contributed by atoms with E-state index >= 15 is 0 Å². The standard InChI is InChI=1S/C37H50O4PSi/c1-35(2,43(5,6)38)26-28-22-24-37(27-40-37)34(33(28)39-4)36(3)32(41-36)23-25-42(29-16-10-7-11-17-29,30-18-12-8-13-19-30)31-20-14-9-15-21-31/h7-21,28,32-34,38H,22-27H2,1-6H3/q+1/t28-,32+,33+,34+,36?,37-/m0/s1. The van der Waals surface area contributed by atoms with Crippen molar-refractivity contribution < 1.29 is 19.0 Å². The van der Waals surface area contributed by atoms with Gasteiger partial charge in [-0.2, -0.15) is 0 Å². The molecule has 6 atom stereocenters. The van der Waals surface area contributed by atoms with Crippen molar-refractivity contribution in [1.82, 2.24) is 0 Å². The highest BCUT2D eigenvalue weighted by Gasteiger charge is 2.72. The molecular weight excluding hydrogens is 567 g/mol. The number of hydrogen-bond donors (Lipinski definition) is 1. The molecule has 6 heteroatoms. The Labute approximate surface area is 260 Å². The van der Waals surface area contributed by atoms with Crippen molar-refractivity contribution in [3.63, 3.8) is 0 Å². The lowest BCUT2D eigenvalue weighted by molar-refractivity contribution is -0.0866. The van der Waals surface area contributed by atoms with Crippen LogP contribution in [0.2, 0.25) is 18.1 Å². The Kier molecular flexibility index (Phi) is 8.33. The molecule has 4 nitrogen and oxygen atoms in total. The van der Waals surface area contributed by atoms with E-state index in [1.165, 1.54) is 15.9 Å². The van der Waals surface area contributed by atoms with E-state index in [1.807, 2.05) is 7.11 Å². The van der Waals surface area contributed by atoms with Crippen LogP contribution in [0.5, 0.6) is 0 Å². The van der Waals surface area contributed by atoms with Gasteiger partial charge in [0, 0.05) is 19.4 Å². The molecule has 2 saturated heterocycles. The van der Waals surface area contributed by atoms with Crippen molar-refractivity contribution in [2.45, 2.75) is 88.0 Å². The summed E-state index contributed by atoms with van der Waals surface area (Å²) in [6.45, 7) is 11.8. The van der Waals surface area contributed by atoms with Crippen LogP contribution in [-0.2, 0) is 14.2 Å². The molecule has 1 saturated carbocycles. The van der Waals surface area contributed by atoms with E-state index in [0.29, 0.717) is 5.92 Å². The van der Waals surface area contributed by atoms with E-state index < -0.39 is 15.6 Å². The van der Waals surface area contributed by atoms with Gasteiger partial charge >= 0.3 is 0 Å². The third kappa shape index (κ3) is 5.60. The van der Waals surface area contributed by atoms with Crippen LogP contribution in [0.15, 0.2) is 91.0 Å². The quantitative estimate of drug-likeness (QED) is 0.148. The lowest BCUT2D eigenvalue weighted by Crippen LogP contribution is -2.54. The number of methoxy groups -OCH3 is 1. The number of ether oxygens (including phenoxy) is 3. The fourth-order valence-electron chi connectivity index (χ4n) is 8.12. The maximum Gasteiger partial charge on any atom is 0.188 e. The van der Waals surface area contributed by atoms with Gasteiger partial charge in [-0.3, -0.25) is 0 Å². The van der Waals surface area contributed by atoms with E-state index in [1.54, 1.807) is 0 Å². The summed E-state index contributed by atoms with van der Waals surface area (Å²) >= 11 is 0. The molecule has 1 unspecified atom stereocenters. The van der Waals surface area contributed by atoms with Crippen LogP contribution in [0, 0.1) is 11.8 Å². The van der Waals surface area contributed by atoms with E-state index in [2.05, 4.69) is 125 Å². The van der Waals surface area contributed by atoms with Gasteiger partial charge in [-0.1, -0.05) is 68.4 Å². The topological polar surface area (TPSA) is 54.5 Å². The zero-order valence-electron chi connectivity index (χ0n) is 26.8. The summed E-state index contributed by atoms with van der Waals surface area (Å²) in [5, 5.41) is 4.16. The predicted octanol–water partition coefficient (Wildman–Crippen LogP) is 6.71. The summed E-state index contributed by atoms with van der Waals surface area (Å²) in [6.07, 6.45) is 5.34. The first-order valence-corrected chi connectivity index (χ1v) is 21.0. The molecule has 3 aromatic rings. The monoisotopic (exact) mass is 617 g/mol. The fraction of sp³-hybridized carbons (Fsp3) is 0.514. The third-order valence-electron chi connectivity index (χ3n) is 11.4. The van der Waals surface area contributed by atoms with Gasteiger partial charge in [-0.15, -0.1) is 0 Å². The average Bonchev–Trinajstić information content (AvgIpc) is 3.92. The summed E-state index contributed by atoms with van der Waals surface area (Å²) in [6, 6.07) is 33.4. The molecule has 43 heavy (non-hydrogen) atoms. The highest BCUT2D eigenvalue weighted by atomic mass is 31.2. The maximum absolute atomic E-state index is 11.1. The van der Waals surface area contributed by atoms with Gasteiger partial charge in [0.2, 0.25) is 0 Å². The summed E-state index contributed by atoms with van der Waals surface area (Å²) < 4.78 is 19.5. The van der Waals surface area contributed by atoms with E-state index in [9.17, 15) is 4.80 Å². The fourth-order valence-corrected chi connectivity index (χ4v) is 13.2. The van der Waals surface area contributed by atoms with Crippen LogP contribution in [0.1, 0.15) is 46.5 Å². The Morgan fingerprint density at radius 2 is 1.40 bits per heavy atom. The number of benzene rings is 3. The van der Waals surface area contributed by atoms with Gasteiger partial charge in [0.05, 0.1) is 30.6 Å². The lowest BCUT2D eigenvalue weighted by atomic mass is 9.64. The van der Waals surface area contributed by atoms with Crippen LogP contribution < -0.4 is 15.9 Å². The van der Waals surface area contributed by atoms with Crippen molar-refractivity contribution >= 4 is 31.5 Å². The van der Waals surface area contributed by atoms with Gasteiger partial charge in [-0.05, 0) is 86.6 Å². The molecule has 230 valence electrons. The number of rotatable bonds is 11. The van der Waals surface area contributed by atoms with Gasteiger partial charge in [-0.25, -0.2) is 0 Å². The van der Waals surface area contributed by atoms with Crippen LogP contribution in [0.25, 0.3) is 0 Å². The summed E-state index contributed by atoms with van der Waals surface area (Å²) in [5.74, 6) is 0.566. The molecule has 0 amide bonds. The van der Waals surface area contributed by atoms with Crippen LogP contribution in [-0.4, -0.2) is 56.4 Å². The summed E-state index contributed by atoms with van der Waals surface area (Å²) in [5.41, 5.74) is -0.423. The number of hydrogen-bond acceptors (Lipinski definition) is 4. The van der Waals surface area contributed by atoms with Crippen molar-refractivity contribution in [2.75, 3.05) is 19.9 Å². The second kappa shape index (κ2) is 11.5. The SMILES string of the molecule is CO[C@@H]1[C@H](CC(C)(C)[Si](C)(C)O)CC[C@]2(CO2)[C@H]1C1(C)O[C@@H]1CC[P+](c1ccccc1)(c1ccccc1)c1ccccc1. The Bertz CT molecular complexity index is 1280. The number of epoxide rings is 2. The smallest absolute Gasteiger partial charge is 0.188 e. The van der Waals surface area contributed by atoms with Crippen LogP contribution in [0.3, 0.4) is 0 Å². The molecule has 3 aromatic carbocycles. The Hall–Kier alpha value is -1.85. The zero-order chi connectivity index (χ0) is 30.5. The Morgan fingerprint density at radius 3 is 1.81 bits per heavy atom. The second-order valence-corrected chi connectivity index (χ2v) is 22.7. The molecule has 3 aliphatic rings. The van der Waals surface area contributed by atoms with Gasteiger partial charge in [0.15, 0.2) is 8.32 Å². The lowest BCUT2D eigenvalue weighted by Gasteiger charge is -2.47. The first-order chi connectivity index (χ1) is 20.5. The summed E-state index contributed by atoms with van der Waals surface area (Å²) in [4.78, 5) is 11.1. The first kappa shape index (κ1) is 31.1. The largest absolute Gasteiger partial charge is 0.432 e. The van der Waals surface area contributed by atoms with Gasteiger partial charge < -0.3 is 19.0 Å². The van der Waals surface area contributed by atoms with Crippen LogP contribution in [0.4, 0.5) is 0 Å². The molecule has 0 bridgehead atoms. The predicted molar refractivity (Wildman–Crippen MR) is 182 cm³/mol. The minimum atomic E-state index is -2.34. The molecule has 1 aliphatic carbocycles. The van der Waals surface area contributed by atoms with Crippen molar-refractivity contribution in [1.29, 1.82) is 0 Å². The highest BCUT2D eigenvalue weighted by molar-refractivity contribution is 7.95. The first-order valence-electron chi connectivity index (χ1n) is 16.1. The van der Waals surface area contributed by atoms with E-state index in [4.69, 9.17) is 14.2 Å². The Morgan fingerprint density at radius 1 is 0.907 bits per heavy atom. The molecule has 3 fully saturated rings. The maximum atomic E-state index is 11.1.